The van der Waals surface area contributed by atoms with Crippen LogP contribution in [0.15, 0.2) is 78.9 Å². The van der Waals surface area contributed by atoms with Crippen LogP contribution in [0.3, 0.4) is 0 Å². The van der Waals surface area contributed by atoms with E-state index in [1.807, 2.05) is 0 Å². The first kappa shape index (κ1) is 40.6. The van der Waals surface area contributed by atoms with Crippen molar-refractivity contribution in [3.8, 4) is 86.2 Å². The Morgan fingerprint density at radius 3 is 1.29 bits per heavy atom. The van der Waals surface area contributed by atoms with Crippen LogP contribution in [-0.2, 0) is 6.42 Å². The van der Waals surface area contributed by atoms with Crippen LogP contribution in [0.1, 0.15) is 74.7 Å². The lowest BCUT2D eigenvalue weighted by molar-refractivity contribution is 0.00282. The Bertz CT molecular complexity index is 2840. The highest BCUT2D eigenvalue weighted by Crippen LogP contribution is 2.61. The third kappa shape index (κ3) is 6.46. The average molecular weight is 867 g/mol. The predicted octanol–water partition coefficient (Wildman–Crippen LogP) is 4.44. The number of fused-ring (bicyclic) bond motifs is 3. The highest BCUT2D eigenvalue weighted by atomic mass is 16.5. The number of hydrogen-bond donors (Lipinski definition) is 15. The molecular weight excluding hydrogens is 828 g/mol. The minimum atomic E-state index is -1.91. The van der Waals surface area contributed by atoms with Gasteiger partial charge in [0.15, 0.2) is 46.7 Å². The van der Waals surface area contributed by atoms with Gasteiger partial charge in [0.05, 0.1) is 17.9 Å². The van der Waals surface area contributed by atoms with Gasteiger partial charge in [0.25, 0.3) is 0 Å². The second-order valence-electron chi connectivity index (χ2n) is 15.6. The van der Waals surface area contributed by atoms with E-state index in [0.717, 1.165) is 48.5 Å². The van der Waals surface area contributed by atoms with Crippen LogP contribution in [0.2, 0.25) is 0 Å². The summed E-state index contributed by atoms with van der Waals surface area (Å²) < 4.78 is 18.2. The fourth-order valence-corrected chi connectivity index (χ4v) is 8.91. The minimum absolute atomic E-state index is 0.0469. The monoisotopic (exact) mass is 866 g/mol. The first-order chi connectivity index (χ1) is 29.9. The van der Waals surface area contributed by atoms with Crippen LogP contribution in [0.25, 0.3) is 0 Å². The summed E-state index contributed by atoms with van der Waals surface area (Å²) in [7, 11) is 0. The van der Waals surface area contributed by atoms with E-state index >= 15 is 0 Å². The maximum atomic E-state index is 12.5. The molecule has 9 rings (SSSR count). The summed E-state index contributed by atoms with van der Waals surface area (Å²) in [6, 6.07) is 14.8. The number of benzene rings is 6. The van der Waals surface area contributed by atoms with Gasteiger partial charge in [-0.15, -0.1) is 0 Å². The number of hydrogen-bond acceptors (Lipinski definition) is 18. The zero-order valence-electron chi connectivity index (χ0n) is 32.3. The summed E-state index contributed by atoms with van der Waals surface area (Å²) in [6.07, 6.45) is -9.64. The van der Waals surface area contributed by atoms with Crippen molar-refractivity contribution in [3.05, 3.63) is 123 Å². The fourth-order valence-electron chi connectivity index (χ4n) is 8.91. The lowest BCUT2D eigenvalue weighted by Crippen LogP contribution is -2.37. The zero-order chi connectivity index (χ0) is 44.9. The highest BCUT2D eigenvalue weighted by molar-refractivity contribution is 5.70. The molecule has 0 amide bonds. The van der Waals surface area contributed by atoms with E-state index in [-0.39, 0.29) is 57.1 Å². The minimum Gasteiger partial charge on any atom is -0.508 e. The third-order valence-electron chi connectivity index (χ3n) is 11.9. The molecule has 8 atom stereocenters. The molecule has 0 aromatic heterocycles. The van der Waals surface area contributed by atoms with Gasteiger partial charge in [0, 0.05) is 58.5 Å². The van der Waals surface area contributed by atoms with Gasteiger partial charge in [-0.1, -0.05) is 18.2 Å². The molecule has 0 fully saturated rings. The number of rotatable bonds is 5. The van der Waals surface area contributed by atoms with Crippen molar-refractivity contribution in [2.45, 2.75) is 54.9 Å². The van der Waals surface area contributed by atoms with Crippen LogP contribution in [0, 0.1) is 0 Å². The van der Waals surface area contributed by atoms with Gasteiger partial charge in [0.2, 0.25) is 0 Å². The molecular formula is C45H38O18. The van der Waals surface area contributed by atoms with E-state index in [9.17, 15) is 76.6 Å². The summed E-state index contributed by atoms with van der Waals surface area (Å²) in [4.78, 5) is 0. The molecule has 3 aliphatic rings. The summed E-state index contributed by atoms with van der Waals surface area (Å²) >= 11 is 0. The molecule has 0 aliphatic carbocycles. The first-order valence-corrected chi connectivity index (χ1v) is 19.3. The second kappa shape index (κ2) is 14.7. The van der Waals surface area contributed by atoms with Crippen molar-refractivity contribution in [1.82, 2.24) is 0 Å². The lowest BCUT2D eigenvalue weighted by Gasteiger charge is -2.41. The van der Waals surface area contributed by atoms with E-state index in [1.54, 1.807) is 0 Å². The molecule has 0 radical (unpaired) electrons. The number of aromatic hydroxyl groups is 12. The molecule has 0 unspecified atom stereocenters. The van der Waals surface area contributed by atoms with Crippen molar-refractivity contribution in [1.29, 1.82) is 0 Å². The maximum Gasteiger partial charge on any atom is 0.157 e. The molecule has 0 saturated carbocycles. The molecule has 18 nitrogen and oxygen atoms in total. The molecule has 15 N–H and O–H groups in total. The molecule has 6 aromatic carbocycles. The van der Waals surface area contributed by atoms with Crippen LogP contribution < -0.4 is 14.2 Å². The van der Waals surface area contributed by atoms with Crippen LogP contribution >= 0.6 is 0 Å². The van der Waals surface area contributed by atoms with Gasteiger partial charge in [-0.3, -0.25) is 0 Å². The largest absolute Gasteiger partial charge is 0.508 e. The molecule has 63 heavy (non-hydrogen) atoms. The van der Waals surface area contributed by atoms with Crippen molar-refractivity contribution in [2.75, 3.05) is 0 Å². The second-order valence-corrected chi connectivity index (χ2v) is 15.6. The van der Waals surface area contributed by atoms with Crippen molar-refractivity contribution < 1.29 is 90.8 Å². The first-order valence-electron chi connectivity index (χ1n) is 19.3. The quantitative estimate of drug-likeness (QED) is 0.106. The molecule has 0 saturated heterocycles. The summed E-state index contributed by atoms with van der Waals surface area (Å²) in [5, 5.41) is 166. The zero-order valence-corrected chi connectivity index (χ0v) is 32.3. The van der Waals surface area contributed by atoms with Crippen LogP contribution in [-0.4, -0.2) is 94.9 Å². The third-order valence-corrected chi connectivity index (χ3v) is 11.9. The van der Waals surface area contributed by atoms with Crippen molar-refractivity contribution >= 4 is 0 Å². The Morgan fingerprint density at radius 1 is 0.365 bits per heavy atom. The predicted molar refractivity (Wildman–Crippen MR) is 214 cm³/mol. The molecule has 6 aromatic rings. The maximum absolute atomic E-state index is 12.5. The molecule has 18 heteroatoms. The smallest absolute Gasteiger partial charge is 0.157 e. The molecule has 0 bridgehead atoms. The summed E-state index contributed by atoms with van der Waals surface area (Å²) in [5.74, 6) is -11.5. The van der Waals surface area contributed by atoms with Crippen molar-refractivity contribution in [2.24, 2.45) is 0 Å². The molecule has 326 valence electrons. The summed E-state index contributed by atoms with van der Waals surface area (Å²) in [5.41, 5.74) is -1.28. The molecule has 3 heterocycles. The number of phenols is 12. The number of aliphatic hydroxyl groups excluding tert-OH is 3. The van der Waals surface area contributed by atoms with Gasteiger partial charge >= 0.3 is 0 Å². The highest BCUT2D eigenvalue weighted by Gasteiger charge is 2.49. The van der Waals surface area contributed by atoms with E-state index < -0.39 is 129 Å². The van der Waals surface area contributed by atoms with Gasteiger partial charge in [-0.05, 0) is 53.1 Å². The Morgan fingerprint density at radius 2 is 0.778 bits per heavy atom. The number of aliphatic hydroxyl groups is 3. The number of phenolic OH excluding ortho intramolecular Hbond substituents is 12. The van der Waals surface area contributed by atoms with E-state index in [2.05, 4.69) is 0 Å². The van der Waals surface area contributed by atoms with E-state index in [0.29, 0.717) is 0 Å². The topological polar surface area (TPSA) is 331 Å². The van der Waals surface area contributed by atoms with Crippen LogP contribution in [0.5, 0.6) is 86.2 Å². The number of ether oxygens (including phenoxy) is 3. The lowest BCUT2D eigenvalue weighted by atomic mass is 9.74. The Kier molecular flexibility index (Phi) is 9.46. The average Bonchev–Trinajstić information content (AvgIpc) is 3.22. The van der Waals surface area contributed by atoms with Gasteiger partial charge < -0.3 is 90.8 Å². The Balaban J connectivity index is 1.24. The van der Waals surface area contributed by atoms with Crippen molar-refractivity contribution in [3.63, 3.8) is 0 Å². The summed E-state index contributed by atoms with van der Waals surface area (Å²) in [6.45, 7) is 0. The van der Waals surface area contributed by atoms with Gasteiger partial charge in [-0.2, -0.15) is 0 Å². The normalized spacial score (nSPS) is 23.6. The SMILES string of the molecule is Oc1cc(O)c2c(c1)O[C@H](c1ccc(O)c(O)c1)[C@H](O)[C@H]2c1c(O)cc2c(c1O)[C@@H](c1c(O)cc3c(c1O)C[C@H](O)[C@@H](c1ccc(O)c(O)c1)O3)[C@H](O)[C@@H](c1ccc(O)c(O)c1)O2. The van der Waals surface area contributed by atoms with Gasteiger partial charge in [-0.25, -0.2) is 0 Å². The van der Waals surface area contributed by atoms with Gasteiger partial charge in [0.1, 0.15) is 70.1 Å². The Hall–Kier alpha value is -7.80. The Labute approximate surface area is 354 Å². The molecule has 3 aliphatic heterocycles. The fraction of sp³-hybridized carbons (Fsp3) is 0.200. The standard InChI is InChI=1S/C45H38O18/c46-18-10-26(53)33-31(11-18)62-44(16-2-5-21(48)24(51)8-16)41(59)37(33)35-28(55)14-32-36(40(35)58)38(42(60)45(63-32)17-3-6-22(49)25(52)9-17)34-27(54)13-30-19(39(34)57)12-29(56)43(61-30)15-1-4-20(47)23(50)7-15/h1-11,13-14,29,37-38,41-60H,12H2/t29-,37+,38+,41+,42-,43+,44+,45+/m0/s1. The van der Waals surface area contributed by atoms with E-state index in [1.165, 1.54) is 30.3 Å². The van der Waals surface area contributed by atoms with E-state index in [4.69, 9.17) is 14.2 Å². The molecule has 0 spiro atoms. The van der Waals surface area contributed by atoms with Crippen LogP contribution in [0.4, 0.5) is 0 Å².